The first-order chi connectivity index (χ1) is 30.3. The third-order valence-corrected chi connectivity index (χ3v) is 12.0. The van der Waals surface area contributed by atoms with Crippen molar-refractivity contribution in [2.45, 2.75) is 0 Å². The van der Waals surface area contributed by atoms with E-state index in [-0.39, 0.29) is 29.3 Å². The van der Waals surface area contributed by atoms with E-state index in [9.17, 15) is 0 Å². The van der Waals surface area contributed by atoms with Crippen molar-refractivity contribution < 1.29 is 11.3 Å². The molecule has 0 fully saturated rings. The highest BCUT2D eigenvalue weighted by molar-refractivity contribution is 7.26. The van der Waals surface area contributed by atoms with E-state index in [2.05, 4.69) is 102 Å². The fraction of sp³-hybridized carbons (Fsp3) is 0. The smallest absolute Gasteiger partial charge is 0.165 e. The minimum absolute atomic E-state index is 0.0180. The molecule has 0 saturated heterocycles. The fourth-order valence-electron chi connectivity index (χ4n) is 8.20. The van der Waals surface area contributed by atoms with E-state index in [4.69, 9.17) is 26.2 Å². The summed E-state index contributed by atoms with van der Waals surface area (Å²) in [5, 5.41) is 6.36. The maximum atomic E-state index is 8.82. The molecule has 12 rings (SSSR count). The summed E-state index contributed by atoms with van der Waals surface area (Å²) in [6.07, 6.45) is 0. The first-order valence-electron chi connectivity index (χ1n) is 21.1. The van der Waals surface area contributed by atoms with Crippen LogP contribution >= 0.6 is 11.3 Å². The lowest BCUT2D eigenvalue weighted by Crippen LogP contribution is -2.00. The molecule has 0 aliphatic rings. The molecule has 5 nitrogen and oxygen atoms in total. The number of benzene rings is 8. The van der Waals surface area contributed by atoms with Gasteiger partial charge < -0.3 is 8.98 Å². The van der Waals surface area contributed by atoms with Gasteiger partial charge in [0.1, 0.15) is 11.2 Å². The first kappa shape index (κ1) is 27.2. The number of furan rings is 1. The SMILES string of the molecule is [2H]c1c([2H])c([2H])c(-c2nc(-c3ccc4c(c3)oc3ccc(-n5c6ccccc6c6cccc(-c7ccccc7)c65)cc34)nc(-c3cccc4c3sc3ccccc34)n2)c([2H])c1[2H]. The zero-order valence-corrected chi connectivity index (χ0v) is 30.9. The van der Waals surface area contributed by atoms with Crippen LogP contribution in [0.5, 0.6) is 0 Å². The van der Waals surface area contributed by atoms with E-state index in [0.29, 0.717) is 17.0 Å². The number of nitrogens with zero attached hydrogens (tertiary/aromatic N) is 4. The number of aromatic nitrogens is 4. The molecule has 0 bridgehead atoms. The van der Waals surface area contributed by atoms with Crippen LogP contribution in [0.3, 0.4) is 0 Å². The summed E-state index contributed by atoms with van der Waals surface area (Å²) in [6, 6.07) is 49.6. The second-order valence-corrected chi connectivity index (χ2v) is 15.1. The molecule has 0 unspecified atom stereocenters. The van der Waals surface area contributed by atoms with E-state index in [1.54, 1.807) is 11.3 Å². The molecular formula is C51H30N4OS. The van der Waals surface area contributed by atoms with E-state index in [0.717, 1.165) is 69.9 Å². The lowest BCUT2D eigenvalue weighted by molar-refractivity contribution is 0.669. The molecular weight excluding hydrogens is 717 g/mol. The topological polar surface area (TPSA) is 56.7 Å². The summed E-state index contributed by atoms with van der Waals surface area (Å²) in [7, 11) is 0. The van der Waals surface area contributed by atoms with E-state index in [1.807, 2.05) is 54.6 Å². The van der Waals surface area contributed by atoms with Crippen molar-refractivity contribution in [1.29, 1.82) is 0 Å². The van der Waals surface area contributed by atoms with Crippen molar-refractivity contribution in [3.63, 3.8) is 0 Å². The lowest BCUT2D eigenvalue weighted by Gasteiger charge is -2.12. The normalized spacial score (nSPS) is 13.1. The molecule has 0 amide bonds. The predicted molar refractivity (Wildman–Crippen MR) is 236 cm³/mol. The summed E-state index contributed by atoms with van der Waals surface area (Å²) in [5.74, 6) is 0.580. The number of thiophene rings is 1. The molecule has 0 aliphatic carbocycles. The highest BCUT2D eigenvalue weighted by atomic mass is 32.1. The Morgan fingerprint density at radius 1 is 0.474 bits per heavy atom. The van der Waals surface area contributed by atoms with Gasteiger partial charge in [0.2, 0.25) is 0 Å². The Labute approximate surface area is 337 Å². The van der Waals surface area contributed by atoms with Crippen molar-refractivity contribution in [3.05, 3.63) is 182 Å². The summed E-state index contributed by atoms with van der Waals surface area (Å²) in [5.41, 5.74) is 8.13. The average Bonchev–Trinajstić information content (AvgIpc) is 3.99. The van der Waals surface area contributed by atoms with Crippen LogP contribution in [-0.2, 0) is 0 Å². The van der Waals surface area contributed by atoms with Gasteiger partial charge in [-0.2, -0.15) is 0 Å². The Bertz CT molecular complexity index is 3810. The third-order valence-electron chi connectivity index (χ3n) is 10.8. The van der Waals surface area contributed by atoms with E-state index in [1.165, 1.54) is 10.8 Å². The maximum absolute atomic E-state index is 8.82. The third kappa shape index (κ3) is 5.04. The van der Waals surface area contributed by atoms with Crippen molar-refractivity contribution in [1.82, 2.24) is 19.5 Å². The molecule has 12 aromatic rings. The van der Waals surface area contributed by atoms with Gasteiger partial charge in [0.15, 0.2) is 17.5 Å². The molecule has 6 heteroatoms. The molecule has 4 aromatic heterocycles. The van der Waals surface area contributed by atoms with Gasteiger partial charge in [0.25, 0.3) is 0 Å². The van der Waals surface area contributed by atoms with Gasteiger partial charge in [-0.1, -0.05) is 133 Å². The number of hydrogen-bond acceptors (Lipinski definition) is 5. The number of hydrogen-bond donors (Lipinski definition) is 0. The van der Waals surface area contributed by atoms with Gasteiger partial charge in [-0.15, -0.1) is 11.3 Å². The number of para-hydroxylation sites is 2. The monoisotopic (exact) mass is 751 g/mol. The van der Waals surface area contributed by atoms with Crippen molar-refractivity contribution >= 4 is 75.3 Å². The van der Waals surface area contributed by atoms with Crippen LogP contribution in [0.15, 0.2) is 186 Å². The average molecular weight is 752 g/mol. The second-order valence-electron chi connectivity index (χ2n) is 14.0. The summed E-state index contributed by atoms with van der Waals surface area (Å²) in [6.45, 7) is 0. The molecule has 0 aliphatic heterocycles. The van der Waals surface area contributed by atoms with E-state index >= 15 is 0 Å². The zero-order valence-electron chi connectivity index (χ0n) is 35.0. The lowest BCUT2D eigenvalue weighted by atomic mass is 10.0. The Hall–Kier alpha value is -7.41. The molecule has 0 atom stereocenters. The van der Waals surface area contributed by atoms with Crippen LogP contribution in [0.4, 0.5) is 0 Å². The fourth-order valence-corrected chi connectivity index (χ4v) is 9.41. The summed E-state index contributed by atoms with van der Waals surface area (Å²) >= 11 is 1.63. The van der Waals surface area contributed by atoms with Gasteiger partial charge in [-0.25, -0.2) is 15.0 Å². The largest absolute Gasteiger partial charge is 0.456 e. The molecule has 0 N–H and O–H groups in total. The number of fused-ring (bicyclic) bond motifs is 9. The van der Waals surface area contributed by atoms with Gasteiger partial charge in [-0.05, 0) is 54.1 Å². The first-order valence-corrected chi connectivity index (χ1v) is 19.4. The Kier molecular flexibility index (Phi) is 6.00. The van der Waals surface area contributed by atoms with Crippen molar-refractivity contribution in [3.8, 4) is 51.0 Å². The molecule has 266 valence electrons. The number of rotatable bonds is 5. The van der Waals surface area contributed by atoms with Crippen LogP contribution in [0.1, 0.15) is 6.85 Å². The molecule has 8 aromatic carbocycles. The maximum Gasteiger partial charge on any atom is 0.165 e. The van der Waals surface area contributed by atoms with Crippen LogP contribution < -0.4 is 0 Å². The van der Waals surface area contributed by atoms with E-state index < -0.39 is 18.1 Å². The summed E-state index contributed by atoms with van der Waals surface area (Å²) in [4.78, 5) is 14.7. The molecule has 0 radical (unpaired) electrons. The zero-order chi connectivity index (χ0) is 41.8. The summed E-state index contributed by atoms with van der Waals surface area (Å²) < 4.78 is 53.7. The van der Waals surface area contributed by atoms with Crippen molar-refractivity contribution in [2.24, 2.45) is 0 Å². The minimum Gasteiger partial charge on any atom is -0.456 e. The Morgan fingerprint density at radius 2 is 1.19 bits per heavy atom. The van der Waals surface area contributed by atoms with Crippen molar-refractivity contribution in [2.75, 3.05) is 0 Å². The molecule has 0 spiro atoms. The Balaban J connectivity index is 1.05. The quantitative estimate of drug-likeness (QED) is 0.176. The highest BCUT2D eigenvalue weighted by Crippen LogP contribution is 2.42. The molecule has 4 heterocycles. The van der Waals surface area contributed by atoms with Crippen LogP contribution in [-0.4, -0.2) is 19.5 Å². The van der Waals surface area contributed by atoms with Gasteiger partial charge >= 0.3 is 0 Å². The minimum atomic E-state index is -0.485. The molecule has 0 saturated carbocycles. The molecule has 57 heavy (non-hydrogen) atoms. The standard InChI is InChI=1S/C51H30N4OS/c1-3-13-31(14-4-1)35-19-11-20-39-36-17-7-9-23-43(36)55(47(35)39)34-26-28-44-42(30-34)37-27-25-33(29-45(37)56-44)50-52-49(32-15-5-2-6-16-32)53-51(54-50)41-22-12-21-40-38-18-8-10-24-46(38)57-48(40)41/h1-30H/i2D,5D,6D,15D,16D. The van der Waals surface area contributed by atoms with Crippen LogP contribution in [0.25, 0.3) is 115 Å². The van der Waals surface area contributed by atoms with Crippen LogP contribution in [0.2, 0.25) is 0 Å². The van der Waals surface area contributed by atoms with Crippen LogP contribution in [0, 0.1) is 0 Å². The predicted octanol–water partition coefficient (Wildman–Crippen LogP) is 13.9. The van der Waals surface area contributed by atoms with Gasteiger partial charge in [0.05, 0.1) is 17.9 Å². The van der Waals surface area contributed by atoms with Gasteiger partial charge in [0, 0.05) is 69.7 Å². The second kappa shape index (κ2) is 12.6. The van der Waals surface area contributed by atoms with Gasteiger partial charge in [-0.3, -0.25) is 0 Å². The highest BCUT2D eigenvalue weighted by Gasteiger charge is 2.20. The Morgan fingerprint density at radius 3 is 2.07 bits per heavy atom.